The fraction of sp³-hybridized carbons (Fsp3) is 0.429. The summed E-state index contributed by atoms with van der Waals surface area (Å²) in [5.74, 6) is 0.725. The summed E-state index contributed by atoms with van der Waals surface area (Å²) in [5, 5.41) is 19.9. The molecule has 1 fully saturated rings. The van der Waals surface area contributed by atoms with E-state index in [9.17, 15) is 5.11 Å². The highest BCUT2D eigenvalue weighted by molar-refractivity contribution is 7.13. The first-order valence-corrected chi connectivity index (χ1v) is 10.3. The van der Waals surface area contributed by atoms with E-state index in [2.05, 4.69) is 45.1 Å². The Hall–Kier alpha value is -2.18. The van der Waals surface area contributed by atoms with Crippen LogP contribution in [-0.4, -0.2) is 51.4 Å². The van der Waals surface area contributed by atoms with Gasteiger partial charge in [0.2, 0.25) is 0 Å². The Labute approximate surface area is 164 Å². The summed E-state index contributed by atoms with van der Waals surface area (Å²) < 4.78 is 0. The minimum atomic E-state index is 0.292. The number of hydrogen-bond donors (Lipinski definition) is 2. The Morgan fingerprint density at radius 1 is 1.19 bits per heavy atom. The maximum Gasteiger partial charge on any atom is 0.135 e. The van der Waals surface area contributed by atoms with E-state index in [1.165, 1.54) is 5.56 Å². The highest BCUT2D eigenvalue weighted by atomic mass is 32.1. The zero-order valence-electron chi connectivity index (χ0n) is 15.9. The van der Waals surface area contributed by atoms with E-state index in [1.807, 2.05) is 13.8 Å². The molecule has 0 radical (unpaired) electrons. The minimum absolute atomic E-state index is 0.292. The smallest absolute Gasteiger partial charge is 0.135 e. The third-order valence-electron chi connectivity index (χ3n) is 5.62. The third kappa shape index (κ3) is 3.64. The van der Waals surface area contributed by atoms with Crippen LogP contribution in [0.1, 0.15) is 34.0 Å². The molecular weight excluding hydrogens is 356 g/mol. The average molecular weight is 383 g/mol. The number of likely N-dealkylation sites (tertiary alicyclic amines) is 1. The molecule has 1 aromatic carbocycles. The normalized spacial score (nSPS) is 19.3. The molecule has 0 spiro atoms. The number of aliphatic hydroxyl groups is 1. The molecule has 2 aliphatic heterocycles. The Morgan fingerprint density at radius 3 is 2.52 bits per heavy atom. The summed E-state index contributed by atoms with van der Waals surface area (Å²) >= 11 is 1.56. The van der Waals surface area contributed by atoms with Crippen molar-refractivity contribution >= 4 is 22.7 Å². The third-order valence-corrected chi connectivity index (χ3v) is 6.71. The highest BCUT2D eigenvalue weighted by Crippen LogP contribution is 2.34. The zero-order chi connectivity index (χ0) is 19.0. The van der Waals surface area contributed by atoms with Crippen LogP contribution in [0.5, 0.6) is 0 Å². The van der Waals surface area contributed by atoms with Crippen LogP contribution in [0.15, 0.2) is 36.1 Å². The molecule has 2 aliphatic rings. The second kappa shape index (κ2) is 7.44. The lowest BCUT2D eigenvalue weighted by atomic mass is 10.0. The number of nitrogens with one attached hydrogen (secondary N) is 1. The minimum Gasteiger partial charge on any atom is -0.510 e. The van der Waals surface area contributed by atoms with Gasteiger partial charge in [-0.15, -0.1) is 11.3 Å². The Kier molecular flexibility index (Phi) is 5.02. The predicted molar refractivity (Wildman–Crippen MR) is 110 cm³/mol. The summed E-state index contributed by atoms with van der Waals surface area (Å²) in [4.78, 5) is 10.2. The topological polar surface area (TPSA) is 63.5 Å². The van der Waals surface area contributed by atoms with Crippen molar-refractivity contribution in [2.24, 2.45) is 0 Å². The zero-order valence-corrected chi connectivity index (χ0v) is 16.7. The van der Waals surface area contributed by atoms with Crippen LogP contribution >= 0.6 is 11.3 Å². The van der Waals surface area contributed by atoms with Crippen molar-refractivity contribution in [3.8, 4) is 0 Å². The maximum absolute atomic E-state index is 10.5. The second-order valence-electron chi connectivity index (χ2n) is 7.45. The average Bonchev–Trinajstić information content (AvgIpc) is 3.14. The van der Waals surface area contributed by atoms with E-state index in [0.29, 0.717) is 29.8 Å². The molecule has 0 amide bonds. The molecular formula is C21H26N4OS. The van der Waals surface area contributed by atoms with Gasteiger partial charge in [-0.2, -0.15) is 0 Å². The summed E-state index contributed by atoms with van der Waals surface area (Å²) in [7, 11) is 0. The molecule has 6 heteroatoms. The predicted octanol–water partition coefficient (Wildman–Crippen LogP) is 3.99. The van der Waals surface area contributed by atoms with Crippen LogP contribution in [0.25, 0.3) is 5.57 Å². The number of benzene rings is 1. The number of aromatic nitrogens is 1. The molecule has 5 nitrogen and oxygen atoms in total. The molecule has 2 aromatic rings. The fourth-order valence-corrected chi connectivity index (χ4v) is 4.93. The molecule has 27 heavy (non-hydrogen) atoms. The second-order valence-corrected chi connectivity index (χ2v) is 8.65. The molecule has 4 rings (SSSR count). The van der Waals surface area contributed by atoms with Crippen molar-refractivity contribution in [2.75, 3.05) is 19.6 Å². The van der Waals surface area contributed by atoms with Gasteiger partial charge in [-0.1, -0.05) is 30.3 Å². The lowest BCUT2D eigenvalue weighted by Crippen LogP contribution is -2.45. The van der Waals surface area contributed by atoms with Crippen molar-refractivity contribution in [3.05, 3.63) is 57.2 Å². The standard InChI is InChI=1S/C21H26N4OS/c1-14-15(2)27-21(23-14)19-18(26)13-25(20(19)22)17-8-10-24(11-9-17)12-16-6-4-3-5-7-16/h3-7,17,22,26H,8-13H2,1-2H3. The number of piperidine rings is 1. The molecule has 0 atom stereocenters. The number of rotatable bonds is 4. The van der Waals surface area contributed by atoms with Crippen molar-refractivity contribution in [1.29, 1.82) is 5.41 Å². The van der Waals surface area contributed by atoms with Crippen LogP contribution < -0.4 is 0 Å². The molecule has 2 N–H and O–H groups in total. The van der Waals surface area contributed by atoms with Gasteiger partial charge < -0.3 is 10.0 Å². The van der Waals surface area contributed by atoms with Crippen molar-refractivity contribution in [3.63, 3.8) is 0 Å². The van der Waals surface area contributed by atoms with E-state index in [0.717, 1.165) is 48.1 Å². The first-order chi connectivity index (χ1) is 13.0. The molecule has 1 aromatic heterocycles. The van der Waals surface area contributed by atoms with Crippen LogP contribution in [0.4, 0.5) is 0 Å². The number of aliphatic hydroxyl groups excluding tert-OH is 1. The van der Waals surface area contributed by atoms with Gasteiger partial charge in [0.15, 0.2) is 0 Å². The summed E-state index contributed by atoms with van der Waals surface area (Å²) in [6.45, 7) is 7.48. The molecule has 0 bridgehead atoms. The van der Waals surface area contributed by atoms with Gasteiger partial charge in [-0.05, 0) is 32.3 Å². The lowest BCUT2D eigenvalue weighted by Gasteiger charge is -2.37. The van der Waals surface area contributed by atoms with Crippen LogP contribution in [0.2, 0.25) is 0 Å². The van der Waals surface area contributed by atoms with Crippen molar-refractivity contribution < 1.29 is 5.11 Å². The van der Waals surface area contributed by atoms with E-state index >= 15 is 0 Å². The van der Waals surface area contributed by atoms with E-state index in [1.54, 1.807) is 11.3 Å². The summed E-state index contributed by atoms with van der Waals surface area (Å²) in [6, 6.07) is 10.9. The molecule has 0 unspecified atom stereocenters. The fourth-order valence-electron chi connectivity index (χ4n) is 3.95. The van der Waals surface area contributed by atoms with E-state index in [4.69, 9.17) is 5.41 Å². The molecule has 1 saturated heterocycles. The number of amidine groups is 1. The van der Waals surface area contributed by atoms with E-state index in [-0.39, 0.29) is 0 Å². The van der Waals surface area contributed by atoms with Crippen LogP contribution in [0.3, 0.4) is 0 Å². The first-order valence-electron chi connectivity index (χ1n) is 9.51. The first kappa shape index (κ1) is 18.2. The lowest BCUT2D eigenvalue weighted by molar-refractivity contribution is 0.149. The number of hydrogen-bond acceptors (Lipinski definition) is 5. The van der Waals surface area contributed by atoms with Gasteiger partial charge in [0, 0.05) is 30.6 Å². The summed E-state index contributed by atoms with van der Waals surface area (Å²) in [5.41, 5.74) is 2.96. The largest absolute Gasteiger partial charge is 0.510 e. The van der Waals surface area contributed by atoms with Gasteiger partial charge in [0.1, 0.15) is 16.6 Å². The molecule has 0 aliphatic carbocycles. The van der Waals surface area contributed by atoms with Crippen molar-refractivity contribution in [1.82, 2.24) is 14.8 Å². The number of nitrogens with zero attached hydrogens (tertiary/aromatic N) is 3. The SMILES string of the molecule is Cc1nc(C2=C(O)CN(C3CCN(Cc4ccccc4)CC3)C2=N)sc1C. The quantitative estimate of drug-likeness (QED) is 0.839. The Morgan fingerprint density at radius 2 is 1.89 bits per heavy atom. The Balaban J connectivity index is 1.39. The highest BCUT2D eigenvalue weighted by Gasteiger charge is 2.36. The molecule has 0 saturated carbocycles. The van der Waals surface area contributed by atoms with Crippen molar-refractivity contribution in [2.45, 2.75) is 39.3 Å². The van der Waals surface area contributed by atoms with Gasteiger partial charge in [-0.3, -0.25) is 10.3 Å². The van der Waals surface area contributed by atoms with Gasteiger partial charge in [-0.25, -0.2) is 4.98 Å². The molecule has 3 heterocycles. The maximum atomic E-state index is 10.5. The van der Waals surface area contributed by atoms with Gasteiger partial charge in [0.25, 0.3) is 0 Å². The van der Waals surface area contributed by atoms with Gasteiger partial charge in [0.05, 0.1) is 17.8 Å². The number of thiazole rings is 1. The van der Waals surface area contributed by atoms with E-state index < -0.39 is 0 Å². The Bertz CT molecular complexity index is 846. The van der Waals surface area contributed by atoms with Gasteiger partial charge >= 0.3 is 0 Å². The number of aryl methyl sites for hydroxylation is 2. The molecule has 142 valence electrons. The van der Waals surface area contributed by atoms with Crippen LogP contribution in [-0.2, 0) is 6.54 Å². The van der Waals surface area contributed by atoms with Crippen LogP contribution in [0, 0.1) is 19.3 Å². The monoisotopic (exact) mass is 382 g/mol. The summed E-state index contributed by atoms with van der Waals surface area (Å²) in [6.07, 6.45) is 2.04.